The van der Waals surface area contributed by atoms with E-state index in [1.807, 2.05) is 6.20 Å². The molecule has 6 rings (SSSR count). The third kappa shape index (κ3) is 2.49. The molecule has 6 heteroatoms. The third-order valence-electron chi connectivity index (χ3n) is 6.70. The largest absolute Gasteiger partial charge is 0.357 e. The number of rotatable bonds is 5. The van der Waals surface area contributed by atoms with Gasteiger partial charge in [-0.1, -0.05) is 0 Å². The maximum absolute atomic E-state index is 13.2. The molecule has 6 nitrogen and oxygen atoms in total. The summed E-state index contributed by atoms with van der Waals surface area (Å²) in [6, 6.07) is 2.09. The molecule has 1 saturated heterocycles. The average molecular weight is 351 g/mol. The molecule has 0 aromatic carbocycles. The topological polar surface area (TPSA) is 77.7 Å². The maximum Gasteiger partial charge on any atom is 0.270 e. The number of carbonyl (C=O) groups is 1. The fraction of sp³-hybridized carbons (Fsp3) is 0.650. The summed E-state index contributed by atoms with van der Waals surface area (Å²) in [6.45, 7) is 1.62. The second-order valence-corrected chi connectivity index (χ2v) is 8.75. The van der Waals surface area contributed by atoms with Crippen LogP contribution in [0.3, 0.4) is 0 Å². The Labute approximate surface area is 152 Å². The van der Waals surface area contributed by atoms with Crippen molar-refractivity contribution in [3.05, 3.63) is 35.2 Å². The summed E-state index contributed by atoms with van der Waals surface area (Å²) in [5.74, 6) is 4.91. The molecule has 3 heterocycles. The van der Waals surface area contributed by atoms with E-state index in [1.54, 1.807) is 0 Å². The normalized spacial score (nSPS) is 28.7. The first-order valence-corrected chi connectivity index (χ1v) is 10.2. The summed E-state index contributed by atoms with van der Waals surface area (Å²) in [5, 5.41) is 7.67. The molecule has 1 aliphatic heterocycles. The molecule has 3 saturated carbocycles. The Balaban J connectivity index is 1.26. The monoisotopic (exact) mass is 351 g/mol. The minimum atomic E-state index is 0.173. The number of nitrogens with zero attached hydrogens (tertiary/aromatic N) is 3. The number of nitrogens with one attached hydrogen (secondary N) is 2. The SMILES string of the molecule is O=C(c1[nH]ccc1C1CC1)N1C[C@H](c2nc(C3CC3)n[nH]2)[C@@H](C2CC2)C1. The van der Waals surface area contributed by atoms with Gasteiger partial charge in [-0.05, 0) is 67.9 Å². The van der Waals surface area contributed by atoms with Crippen LogP contribution in [0.1, 0.15) is 84.0 Å². The van der Waals surface area contributed by atoms with Crippen LogP contribution in [0.25, 0.3) is 0 Å². The molecule has 1 amide bonds. The highest BCUT2D eigenvalue weighted by Gasteiger charge is 2.46. The number of aromatic nitrogens is 4. The van der Waals surface area contributed by atoms with Gasteiger partial charge in [0.15, 0.2) is 5.82 Å². The van der Waals surface area contributed by atoms with Gasteiger partial charge in [0, 0.05) is 31.1 Å². The van der Waals surface area contributed by atoms with Crippen molar-refractivity contribution in [2.24, 2.45) is 11.8 Å². The molecular formula is C20H25N5O. The predicted octanol–water partition coefficient (Wildman–Crippen LogP) is 3.15. The second-order valence-electron chi connectivity index (χ2n) is 8.75. The average Bonchev–Trinajstić information content (AvgIpc) is 3.62. The van der Waals surface area contributed by atoms with Crippen molar-refractivity contribution in [1.29, 1.82) is 0 Å². The fourth-order valence-corrected chi connectivity index (χ4v) is 4.72. The standard InChI is InChI=1S/C20H25N5O/c26-20(17-14(7-8-21-17)11-1-2-11)25-9-15(12-3-4-12)16(10-25)19-22-18(23-24-19)13-5-6-13/h7-8,11-13,15-16,21H,1-6,9-10H2,(H,22,23,24)/t15-,16+/m1/s1. The molecule has 2 aromatic heterocycles. The van der Waals surface area contributed by atoms with E-state index in [-0.39, 0.29) is 5.91 Å². The number of hydrogen-bond acceptors (Lipinski definition) is 3. The van der Waals surface area contributed by atoms with E-state index in [2.05, 4.69) is 26.1 Å². The first-order valence-electron chi connectivity index (χ1n) is 10.2. The van der Waals surface area contributed by atoms with Gasteiger partial charge >= 0.3 is 0 Å². The Kier molecular flexibility index (Phi) is 3.14. The van der Waals surface area contributed by atoms with Crippen LogP contribution in [0.2, 0.25) is 0 Å². The van der Waals surface area contributed by atoms with E-state index < -0.39 is 0 Å². The number of amides is 1. The predicted molar refractivity (Wildman–Crippen MR) is 96.0 cm³/mol. The second kappa shape index (κ2) is 5.44. The van der Waals surface area contributed by atoms with E-state index in [1.165, 1.54) is 44.1 Å². The van der Waals surface area contributed by atoms with Crippen LogP contribution in [0.15, 0.2) is 12.3 Å². The first kappa shape index (κ1) is 15.0. The van der Waals surface area contributed by atoms with Crippen molar-refractivity contribution in [1.82, 2.24) is 25.1 Å². The lowest BCUT2D eigenvalue weighted by atomic mass is 9.91. The van der Waals surface area contributed by atoms with E-state index in [4.69, 9.17) is 4.98 Å². The number of H-pyrrole nitrogens is 2. The van der Waals surface area contributed by atoms with Crippen molar-refractivity contribution in [3.8, 4) is 0 Å². The minimum Gasteiger partial charge on any atom is -0.357 e. The Morgan fingerprint density at radius 3 is 2.62 bits per heavy atom. The van der Waals surface area contributed by atoms with Crippen LogP contribution in [0, 0.1) is 11.8 Å². The molecule has 3 aliphatic carbocycles. The number of carbonyl (C=O) groups excluding carboxylic acids is 1. The zero-order valence-corrected chi connectivity index (χ0v) is 14.9. The Hall–Kier alpha value is -2.11. The molecule has 2 N–H and O–H groups in total. The van der Waals surface area contributed by atoms with Crippen LogP contribution in [0.5, 0.6) is 0 Å². The van der Waals surface area contributed by atoms with Crippen molar-refractivity contribution in [3.63, 3.8) is 0 Å². The van der Waals surface area contributed by atoms with Gasteiger partial charge in [0.05, 0.1) is 0 Å². The summed E-state index contributed by atoms with van der Waals surface area (Å²) < 4.78 is 0. The van der Waals surface area contributed by atoms with Crippen molar-refractivity contribution >= 4 is 5.91 Å². The van der Waals surface area contributed by atoms with Crippen LogP contribution < -0.4 is 0 Å². The van der Waals surface area contributed by atoms with Gasteiger partial charge in [-0.15, -0.1) is 0 Å². The fourth-order valence-electron chi connectivity index (χ4n) is 4.72. The van der Waals surface area contributed by atoms with Crippen molar-refractivity contribution in [2.75, 3.05) is 13.1 Å². The summed E-state index contributed by atoms with van der Waals surface area (Å²) in [5.41, 5.74) is 2.04. The van der Waals surface area contributed by atoms with E-state index in [9.17, 15) is 4.79 Å². The lowest BCUT2D eigenvalue weighted by Crippen LogP contribution is -2.30. The molecule has 0 radical (unpaired) electrons. The lowest BCUT2D eigenvalue weighted by molar-refractivity contribution is 0.0778. The highest BCUT2D eigenvalue weighted by molar-refractivity contribution is 5.94. The molecule has 2 aromatic rings. The van der Waals surface area contributed by atoms with Crippen LogP contribution in [0.4, 0.5) is 0 Å². The van der Waals surface area contributed by atoms with Crippen molar-refractivity contribution < 1.29 is 4.79 Å². The number of aromatic amines is 2. The number of likely N-dealkylation sites (tertiary alicyclic amines) is 1. The summed E-state index contributed by atoms with van der Waals surface area (Å²) in [4.78, 5) is 23.3. The molecule has 26 heavy (non-hydrogen) atoms. The quantitative estimate of drug-likeness (QED) is 0.869. The van der Waals surface area contributed by atoms with Gasteiger partial charge < -0.3 is 9.88 Å². The van der Waals surface area contributed by atoms with Gasteiger partial charge in [0.1, 0.15) is 11.5 Å². The molecule has 4 fully saturated rings. The minimum absolute atomic E-state index is 0.173. The summed E-state index contributed by atoms with van der Waals surface area (Å²) in [7, 11) is 0. The number of hydrogen-bond donors (Lipinski definition) is 2. The molecule has 2 atom stereocenters. The van der Waals surface area contributed by atoms with Crippen LogP contribution >= 0.6 is 0 Å². The molecule has 0 unspecified atom stereocenters. The van der Waals surface area contributed by atoms with Crippen molar-refractivity contribution in [2.45, 2.75) is 56.3 Å². The smallest absolute Gasteiger partial charge is 0.270 e. The zero-order chi connectivity index (χ0) is 17.3. The molecule has 0 spiro atoms. The van der Waals surface area contributed by atoms with Crippen LogP contribution in [-0.4, -0.2) is 44.1 Å². The van der Waals surface area contributed by atoms with E-state index in [0.717, 1.165) is 36.4 Å². The first-order chi connectivity index (χ1) is 12.8. The highest BCUT2D eigenvalue weighted by atomic mass is 16.2. The molecule has 136 valence electrons. The molecular weight excluding hydrogens is 326 g/mol. The summed E-state index contributed by atoms with van der Waals surface area (Å²) >= 11 is 0. The van der Waals surface area contributed by atoms with E-state index in [0.29, 0.717) is 23.7 Å². The molecule has 0 bridgehead atoms. The van der Waals surface area contributed by atoms with Crippen LogP contribution in [-0.2, 0) is 0 Å². The van der Waals surface area contributed by atoms with Gasteiger partial charge in [-0.2, -0.15) is 5.10 Å². The Morgan fingerprint density at radius 1 is 1.08 bits per heavy atom. The summed E-state index contributed by atoms with van der Waals surface area (Å²) in [6.07, 6.45) is 9.38. The van der Waals surface area contributed by atoms with Gasteiger partial charge in [0.25, 0.3) is 5.91 Å². The third-order valence-corrected chi connectivity index (χ3v) is 6.70. The highest BCUT2D eigenvalue weighted by Crippen LogP contribution is 2.48. The van der Waals surface area contributed by atoms with Gasteiger partial charge in [-0.3, -0.25) is 9.89 Å². The Morgan fingerprint density at radius 2 is 1.88 bits per heavy atom. The Bertz CT molecular complexity index is 842. The maximum atomic E-state index is 13.2. The zero-order valence-electron chi connectivity index (χ0n) is 14.9. The van der Waals surface area contributed by atoms with Gasteiger partial charge in [0.2, 0.25) is 0 Å². The van der Waals surface area contributed by atoms with Gasteiger partial charge in [-0.25, -0.2) is 4.98 Å². The van der Waals surface area contributed by atoms with E-state index >= 15 is 0 Å². The lowest BCUT2D eigenvalue weighted by Gasteiger charge is -2.16. The molecule has 4 aliphatic rings.